The number of hydrogen-bond acceptors (Lipinski definition) is 9. The number of phosphoric acid groups is 1. The van der Waals surface area contributed by atoms with Gasteiger partial charge in [-0.2, -0.15) is 0 Å². The van der Waals surface area contributed by atoms with Crippen molar-refractivity contribution in [3.05, 3.63) is 54.2 Å². The van der Waals surface area contributed by atoms with Crippen LogP contribution in [0.25, 0.3) is 11.0 Å². The quantitative estimate of drug-likeness (QED) is 0.530. The van der Waals surface area contributed by atoms with Crippen molar-refractivity contribution in [3.63, 3.8) is 0 Å². The SMILES string of the molecule is C[C@H]1[C@H](O)[C@@H](COP2(=O)OCC[C@H](c3ccccc3F)O2)O[C@H]1n1ccc2c(N)ncnc21. The van der Waals surface area contributed by atoms with E-state index in [9.17, 15) is 14.1 Å². The Morgan fingerprint density at radius 3 is 2.97 bits per heavy atom. The lowest BCUT2D eigenvalue weighted by atomic mass is 10.0. The summed E-state index contributed by atoms with van der Waals surface area (Å²) in [7, 11) is -3.98. The van der Waals surface area contributed by atoms with Crippen LogP contribution in [-0.2, 0) is 22.9 Å². The Kier molecular flexibility index (Phi) is 5.94. The van der Waals surface area contributed by atoms with Crippen molar-refractivity contribution in [1.29, 1.82) is 0 Å². The fraction of sp³-hybridized carbons (Fsp3) is 0.429. The van der Waals surface area contributed by atoms with Crippen molar-refractivity contribution in [2.45, 2.75) is 37.9 Å². The van der Waals surface area contributed by atoms with E-state index in [4.69, 9.17) is 24.0 Å². The van der Waals surface area contributed by atoms with E-state index in [0.717, 1.165) is 0 Å². The van der Waals surface area contributed by atoms with Crippen molar-refractivity contribution in [3.8, 4) is 0 Å². The van der Waals surface area contributed by atoms with Crippen LogP contribution in [0.2, 0.25) is 0 Å². The number of benzene rings is 1. The molecule has 0 bridgehead atoms. The summed E-state index contributed by atoms with van der Waals surface area (Å²) in [6.07, 6.45) is 0.436. The van der Waals surface area contributed by atoms with Crippen molar-refractivity contribution >= 4 is 24.7 Å². The average Bonchev–Trinajstić information content (AvgIpc) is 3.35. The first-order chi connectivity index (χ1) is 15.9. The van der Waals surface area contributed by atoms with Gasteiger partial charge in [-0.15, -0.1) is 0 Å². The molecule has 176 valence electrons. The number of nitrogen functional groups attached to an aromatic ring is 1. The fourth-order valence-electron chi connectivity index (χ4n) is 4.23. The monoisotopic (exact) mass is 478 g/mol. The summed E-state index contributed by atoms with van der Waals surface area (Å²) in [6, 6.07) is 7.91. The number of nitrogens with two attached hydrogens (primary N) is 1. The lowest BCUT2D eigenvalue weighted by Crippen LogP contribution is -2.29. The van der Waals surface area contributed by atoms with Crippen LogP contribution in [0.15, 0.2) is 42.9 Å². The minimum atomic E-state index is -3.98. The molecule has 0 amide bonds. The Morgan fingerprint density at radius 1 is 1.33 bits per heavy atom. The molecule has 2 aromatic heterocycles. The van der Waals surface area contributed by atoms with E-state index in [-0.39, 0.29) is 24.7 Å². The molecular weight excluding hydrogens is 454 g/mol. The molecule has 5 rings (SSSR count). The number of ether oxygens (including phenoxy) is 1. The number of nitrogens with zero attached hydrogens (tertiary/aromatic N) is 3. The van der Waals surface area contributed by atoms with Crippen LogP contribution in [0.1, 0.15) is 31.2 Å². The predicted molar refractivity (Wildman–Crippen MR) is 115 cm³/mol. The van der Waals surface area contributed by atoms with Gasteiger partial charge in [0.15, 0.2) is 0 Å². The van der Waals surface area contributed by atoms with Crippen molar-refractivity contribution in [2.24, 2.45) is 5.92 Å². The highest BCUT2D eigenvalue weighted by molar-refractivity contribution is 7.48. The van der Waals surface area contributed by atoms with Gasteiger partial charge in [0.25, 0.3) is 0 Å². The molecule has 2 saturated heterocycles. The van der Waals surface area contributed by atoms with Gasteiger partial charge in [0.1, 0.15) is 35.9 Å². The number of rotatable bonds is 5. The van der Waals surface area contributed by atoms with Gasteiger partial charge in [-0.25, -0.2) is 18.9 Å². The minimum absolute atomic E-state index is 0.0832. The lowest BCUT2D eigenvalue weighted by Gasteiger charge is -2.30. The smallest absolute Gasteiger partial charge is 0.390 e. The summed E-state index contributed by atoms with van der Waals surface area (Å²) in [5.74, 6) is -0.435. The third-order valence-electron chi connectivity index (χ3n) is 6.03. The average molecular weight is 478 g/mol. The van der Waals surface area contributed by atoms with Crippen LogP contribution in [0.5, 0.6) is 0 Å². The highest BCUT2D eigenvalue weighted by Gasteiger charge is 2.45. The Bertz CT molecular complexity index is 1210. The summed E-state index contributed by atoms with van der Waals surface area (Å²) in [5, 5.41) is 11.4. The van der Waals surface area contributed by atoms with E-state index >= 15 is 0 Å². The number of aliphatic hydroxyl groups excluding tert-OH is 1. The number of aromatic nitrogens is 3. The van der Waals surface area contributed by atoms with Crippen LogP contribution < -0.4 is 5.73 Å². The largest absolute Gasteiger partial charge is 0.475 e. The van der Waals surface area contributed by atoms with Crippen LogP contribution >= 0.6 is 7.82 Å². The Hall–Kier alpha value is -2.40. The zero-order valence-corrected chi connectivity index (χ0v) is 18.7. The summed E-state index contributed by atoms with van der Waals surface area (Å²) < 4.78 is 51.3. The second-order valence-corrected chi connectivity index (χ2v) is 9.74. The second-order valence-electron chi connectivity index (χ2n) is 8.11. The minimum Gasteiger partial charge on any atom is -0.390 e. The zero-order valence-electron chi connectivity index (χ0n) is 17.8. The van der Waals surface area contributed by atoms with Crippen molar-refractivity contribution in [2.75, 3.05) is 18.9 Å². The van der Waals surface area contributed by atoms with Gasteiger partial charge in [-0.1, -0.05) is 25.1 Å². The molecule has 0 spiro atoms. The van der Waals surface area contributed by atoms with Crippen LogP contribution in [-0.4, -0.2) is 45.1 Å². The first-order valence-corrected chi connectivity index (χ1v) is 12.0. The number of aliphatic hydroxyl groups is 1. The number of anilines is 1. The molecule has 2 aliphatic rings. The molecule has 4 heterocycles. The van der Waals surface area contributed by atoms with E-state index < -0.39 is 38.2 Å². The van der Waals surface area contributed by atoms with Gasteiger partial charge in [0.2, 0.25) is 0 Å². The maximum Gasteiger partial charge on any atom is 0.475 e. The molecule has 3 aromatic rings. The molecule has 2 aliphatic heterocycles. The molecule has 3 N–H and O–H groups in total. The highest BCUT2D eigenvalue weighted by atomic mass is 31.2. The molecule has 6 atom stereocenters. The van der Waals surface area contributed by atoms with E-state index in [1.807, 2.05) is 6.92 Å². The Balaban J connectivity index is 1.28. The first kappa shape index (κ1) is 22.4. The third-order valence-corrected chi connectivity index (χ3v) is 7.51. The van der Waals surface area contributed by atoms with E-state index in [0.29, 0.717) is 23.3 Å². The standard InChI is InChI=1S/C21H24FN4O6P/c1-12-18(27)17(31-21(12)26-8-6-14-19(23)24-11-25-20(14)26)10-30-33(28)29-9-7-16(32-33)13-4-2-3-5-15(13)22/h2-6,8,11-12,16-18,21,27H,7,9-10H2,1H3,(H2,23,24,25)/t12-,16+,17+,18-,21+,33?/m0/s1. The molecule has 10 nitrogen and oxygen atoms in total. The normalized spacial score (nSPS) is 32.4. The van der Waals surface area contributed by atoms with Crippen LogP contribution in [0.3, 0.4) is 0 Å². The molecule has 2 fully saturated rings. The van der Waals surface area contributed by atoms with Gasteiger partial charge in [0.05, 0.1) is 30.8 Å². The Morgan fingerprint density at radius 2 is 2.15 bits per heavy atom. The number of halogens is 1. The summed E-state index contributed by atoms with van der Waals surface area (Å²) in [6.45, 7) is 1.68. The third kappa shape index (κ3) is 4.16. The summed E-state index contributed by atoms with van der Waals surface area (Å²) >= 11 is 0. The number of fused-ring (bicyclic) bond motifs is 1. The predicted octanol–water partition coefficient (Wildman–Crippen LogP) is 3.35. The molecule has 12 heteroatoms. The molecular formula is C21H24FN4O6P. The molecule has 0 radical (unpaired) electrons. The molecule has 1 unspecified atom stereocenters. The highest BCUT2D eigenvalue weighted by Crippen LogP contribution is 2.57. The molecule has 0 aliphatic carbocycles. The van der Waals surface area contributed by atoms with Crippen LogP contribution in [0.4, 0.5) is 10.2 Å². The number of phosphoric ester groups is 1. The fourth-order valence-corrected chi connectivity index (χ4v) is 5.62. The van der Waals surface area contributed by atoms with Gasteiger partial charge in [0, 0.05) is 24.1 Å². The second kappa shape index (κ2) is 8.75. The zero-order chi connectivity index (χ0) is 23.2. The lowest BCUT2D eigenvalue weighted by molar-refractivity contribution is -0.0538. The molecule has 0 saturated carbocycles. The number of hydrogen-bond donors (Lipinski definition) is 2. The van der Waals surface area contributed by atoms with Gasteiger partial charge < -0.3 is 20.1 Å². The summed E-state index contributed by atoms with van der Waals surface area (Å²) in [4.78, 5) is 8.25. The van der Waals surface area contributed by atoms with Crippen LogP contribution in [0, 0.1) is 11.7 Å². The van der Waals surface area contributed by atoms with E-state index in [1.165, 1.54) is 12.4 Å². The van der Waals surface area contributed by atoms with Gasteiger partial charge >= 0.3 is 7.82 Å². The summed E-state index contributed by atoms with van der Waals surface area (Å²) in [5.41, 5.74) is 6.77. The maximum atomic E-state index is 14.1. The van der Waals surface area contributed by atoms with Gasteiger partial charge in [-0.3, -0.25) is 13.6 Å². The topological polar surface area (TPSA) is 131 Å². The molecule has 33 heavy (non-hydrogen) atoms. The van der Waals surface area contributed by atoms with Crippen molar-refractivity contribution in [1.82, 2.24) is 14.5 Å². The van der Waals surface area contributed by atoms with E-state index in [2.05, 4.69) is 9.97 Å². The van der Waals surface area contributed by atoms with Crippen molar-refractivity contribution < 1.29 is 32.4 Å². The van der Waals surface area contributed by atoms with Gasteiger partial charge in [-0.05, 0) is 12.1 Å². The first-order valence-electron chi connectivity index (χ1n) is 10.6. The Labute approximate surface area is 189 Å². The molecule has 1 aromatic carbocycles. The maximum absolute atomic E-state index is 14.1. The van der Waals surface area contributed by atoms with E-state index in [1.54, 1.807) is 35.0 Å².